The summed E-state index contributed by atoms with van der Waals surface area (Å²) in [5, 5.41) is 4.12. The van der Waals surface area contributed by atoms with Crippen LogP contribution < -0.4 is 34.9 Å². The minimum absolute atomic E-state index is 0.108. The number of nitrogens with one attached hydrogen (secondary N) is 1. The second-order valence-electron chi connectivity index (χ2n) is 9.57. The Hall–Kier alpha value is -4.31. The Morgan fingerprint density at radius 1 is 1.00 bits per heavy atom. The van der Waals surface area contributed by atoms with Crippen LogP contribution in [0.3, 0.4) is 0 Å². The van der Waals surface area contributed by atoms with Crippen molar-refractivity contribution in [2.24, 2.45) is 5.73 Å². The summed E-state index contributed by atoms with van der Waals surface area (Å²) < 4.78 is 23.0. The van der Waals surface area contributed by atoms with E-state index >= 15 is 0 Å². The number of nitrogens with zero attached hydrogens (tertiary/aromatic N) is 4. The zero-order valence-electron chi connectivity index (χ0n) is 22.9. The largest absolute Gasteiger partial charge is 0.497 e. The first-order valence-electron chi connectivity index (χ1n) is 12.8. The van der Waals surface area contributed by atoms with E-state index in [0.717, 1.165) is 53.5 Å². The molecule has 2 aromatic heterocycles. The zero-order valence-corrected chi connectivity index (χ0v) is 22.9. The average Bonchev–Trinajstić information content (AvgIpc) is 3.40. The fourth-order valence-corrected chi connectivity index (χ4v) is 4.86. The summed E-state index contributed by atoms with van der Waals surface area (Å²) in [4.78, 5) is 16.3. The Morgan fingerprint density at radius 2 is 1.82 bits per heavy atom. The summed E-state index contributed by atoms with van der Waals surface area (Å²) in [6.45, 7) is 5.97. The lowest BCUT2D eigenvalue weighted by molar-refractivity contribution is 0.391. The number of hydrogen-bond donors (Lipinski definition) is 2. The molecule has 0 saturated carbocycles. The Bertz CT molecular complexity index is 1490. The molecule has 0 amide bonds. The Morgan fingerprint density at radius 3 is 2.54 bits per heavy atom. The van der Waals surface area contributed by atoms with Crippen LogP contribution in [0.15, 0.2) is 42.7 Å². The molecule has 0 radical (unpaired) electrons. The van der Waals surface area contributed by atoms with E-state index in [9.17, 15) is 0 Å². The maximum Gasteiger partial charge on any atom is 0.234 e. The van der Waals surface area contributed by atoms with Crippen LogP contribution in [-0.2, 0) is 6.54 Å². The Labute approximate surface area is 228 Å². The highest BCUT2D eigenvalue weighted by molar-refractivity contribution is 5.95. The summed E-state index contributed by atoms with van der Waals surface area (Å²) in [6, 6.07) is 11.7. The second kappa shape index (κ2) is 11.2. The summed E-state index contributed by atoms with van der Waals surface area (Å²) in [7, 11) is 4.92. The number of ether oxygens (including phenoxy) is 4. The van der Waals surface area contributed by atoms with E-state index in [1.807, 2.05) is 50.2 Å². The van der Waals surface area contributed by atoms with E-state index in [-0.39, 0.29) is 6.04 Å². The number of aromatic nitrogens is 3. The van der Waals surface area contributed by atoms with Crippen LogP contribution in [0, 0.1) is 13.8 Å². The number of anilines is 2. The third-order valence-corrected chi connectivity index (χ3v) is 7.03. The molecule has 39 heavy (non-hydrogen) atoms. The van der Waals surface area contributed by atoms with Crippen LogP contribution in [0.1, 0.15) is 23.1 Å². The van der Waals surface area contributed by atoms with Crippen molar-refractivity contribution in [3.63, 3.8) is 0 Å². The molecule has 2 aromatic carbocycles. The van der Waals surface area contributed by atoms with Crippen LogP contribution >= 0.6 is 0 Å². The molecule has 204 valence electrons. The minimum atomic E-state index is 0.108. The number of aryl methyl sites for hydroxylation is 1. The van der Waals surface area contributed by atoms with Gasteiger partial charge >= 0.3 is 0 Å². The Kier molecular flexibility index (Phi) is 7.56. The quantitative estimate of drug-likeness (QED) is 0.318. The first-order chi connectivity index (χ1) is 18.9. The topological polar surface area (TPSA) is 117 Å². The number of nitrogens with two attached hydrogens (primary N) is 1. The van der Waals surface area contributed by atoms with E-state index in [4.69, 9.17) is 29.7 Å². The number of hydrogen-bond acceptors (Lipinski definition) is 10. The van der Waals surface area contributed by atoms with Gasteiger partial charge in [-0.2, -0.15) is 4.98 Å². The van der Waals surface area contributed by atoms with Crippen molar-refractivity contribution in [1.82, 2.24) is 15.0 Å². The van der Waals surface area contributed by atoms with Gasteiger partial charge in [-0.25, -0.2) is 9.97 Å². The summed E-state index contributed by atoms with van der Waals surface area (Å²) in [5.74, 6) is 4.64. The van der Waals surface area contributed by atoms with E-state index in [0.29, 0.717) is 40.6 Å². The van der Waals surface area contributed by atoms with E-state index < -0.39 is 0 Å². The molecule has 10 heteroatoms. The molecule has 0 bridgehead atoms. The van der Waals surface area contributed by atoms with Gasteiger partial charge in [-0.05, 0) is 44.0 Å². The molecule has 1 aliphatic rings. The van der Waals surface area contributed by atoms with Gasteiger partial charge in [0.05, 0.1) is 26.8 Å². The highest BCUT2D eigenvalue weighted by atomic mass is 16.5. The number of rotatable bonds is 9. The fraction of sp³-hybridized carbons (Fsp3) is 0.345. The minimum Gasteiger partial charge on any atom is -0.497 e. The zero-order chi connectivity index (χ0) is 27.5. The standard InChI is InChI=1S/C29H34N6O4/c1-17-6-9-23(37-4)18(2)27(17)39-29-26-22(13-25(34-29)35-11-10-20(30)15-35)32-16-33-28(26)31-14-19-7-8-21(36-3)12-24(19)38-5/h6-9,12-13,16,20H,10-11,14-15,30H2,1-5H3,(H,31,32,33)/t20-/m1/s1. The molecule has 3 N–H and O–H groups in total. The van der Waals surface area contributed by atoms with E-state index in [2.05, 4.69) is 20.2 Å². The summed E-state index contributed by atoms with van der Waals surface area (Å²) in [5.41, 5.74) is 9.71. The summed E-state index contributed by atoms with van der Waals surface area (Å²) >= 11 is 0. The SMILES string of the molecule is COc1ccc(CNc2ncnc3cc(N4CC[C@@H](N)C4)nc(Oc4c(C)ccc(OC)c4C)c23)c(OC)c1. The van der Waals surface area contributed by atoms with Crippen molar-refractivity contribution in [1.29, 1.82) is 0 Å². The molecule has 5 rings (SSSR count). The Balaban J connectivity index is 1.59. The van der Waals surface area contributed by atoms with Crippen LogP contribution in [0.2, 0.25) is 0 Å². The molecule has 1 saturated heterocycles. The number of benzene rings is 2. The third kappa shape index (κ3) is 5.33. The molecule has 0 unspecified atom stereocenters. The van der Waals surface area contributed by atoms with Gasteiger partial charge in [-0.1, -0.05) is 6.07 Å². The lowest BCUT2D eigenvalue weighted by Crippen LogP contribution is -2.27. The summed E-state index contributed by atoms with van der Waals surface area (Å²) in [6.07, 6.45) is 2.45. The fourth-order valence-electron chi connectivity index (χ4n) is 4.86. The highest BCUT2D eigenvalue weighted by Gasteiger charge is 2.24. The molecular weight excluding hydrogens is 496 g/mol. The van der Waals surface area contributed by atoms with Crippen molar-refractivity contribution < 1.29 is 18.9 Å². The van der Waals surface area contributed by atoms with E-state index in [1.54, 1.807) is 27.7 Å². The molecule has 1 fully saturated rings. The van der Waals surface area contributed by atoms with Crippen molar-refractivity contribution in [2.75, 3.05) is 44.6 Å². The van der Waals surface area contributed by atoms with Gasteiger partial charge in [0, 0.05) is 48.9 Å². The molecular formula is C29H34N6O4. The molecule has 0 aliphatic carbocycles. The maximum atomic E-state index is 6.58. The smallest absolute Gasteiger partial charge is 0.234 e. The lowest BCUT2D eigenvalue weighted by Gasteiger charge is -2.21. The van der Waals surface area contributed by atoms with Gasteiger partial charge in [0.1, 0.15) is 46.3 Å². The average molecular weight is 531 g/mol. The predicted octanol–water partition coefficient (Wildman–Crippen LogP) is 4.61. The third-order valence-electron chi connectivity index (χ3n) is 7.03. The number of pyridine rings is 1. The van der Waals surface area contributed by atoms with Gasteiger partial charge in [0.2, 0.25) is 5.88 Å². The normalized spacial score (nSPS) is 14.9. The van der Waals surface area contributed by atoms with Crippen molar-refractivity contribution >= 4 is 22.5 Å². The maximum absolute atomic E-state index is 6.58. The van der Waals surface area contributed by atoms with Gasteiger partial charge in [0.15, 0.2) is 0 Å². The molecule has 10 nitrogen and oxygen atoms in total. The lowest BCUT2D eigenvalue weighted by atomic mass is 10.1. The highest BCUT2D eigenvalue weighted by Crippen LogP contribution is 2.39. The molecule has 1 atom stereocenters. The monoisotopic (exact) mass is 530 g/mol. The van der Waals surface area contributed by atoms with Gasteiger partial charge in [-0.15, -0.1) is 0 Å². The van der Waals surface area contributed by atoms with Gasteiger partial charge in [0.25, 0.3) is 0 Å². The van der Waals surface area contributed by atoms with Crippen LogP contribution in [0.25, 0.3) is 10.9 Å². The molecule has 1 aliphatic heterocycles. The van der Waals surface area contributed by atoms with Crippen LogP contribution in [0.4, 0.5) is 11.6 Å². The molecule has 4 aromatic rings. The van der Waals surface area contributed by atoms with Crippen LogP contribution in [0.5, 0.6) is 28.9 Å². The molecule has 3 heterocycles. The van der Waals surface area contributed by atoms with Crippen molar-refractivity contribution in [3.05, 3.63) is 59.4 Å². The van der Waals surface area contributed by atoms with Crippen LogP contribution in [-0.4, -0.2) is 55.4 Å². The number of fused-ring (bicyclic) bond motifs is 1. The van der Waals surface area contributed by atoms with Gasteiger partial charge < -0.3 is 34.9 Å². The predicted molar refractivity (Wildman–Crippen MR) is 152 cm³/mol. The van der Waals surface area contributed by atoms with Gasteiger partial charge in [-0.3, -0.25) is 0 Å². The van der Waals surface area contributed by atoms with Crippen molar-refractivity contribution in [3.8, 4) is 28.9 Å². The molecule has 0 spiro atoms. The second-order valence-corrected chi connectivity index (χ2v) is 9.57. The first kappa shape index (κ1) is 26.3. The van der Waals surface area contributed by atoms with Crippen molar-refractivity contribution in [2.45, 2.75) is 32.9 Å². The van der Waals surface area contributed by atoms with E-state index in [1.165, 1.54) is 0 Å². The first-order valence-corrected chi connectivity index (χ1v) is 12.8. The number of methoxy groups -OCH3 is 3.